The minimum absolute atomic E-state index is 0.207. The standard InChI is InChI=1S/C13H7F4N3/c14-7-3-10-11(4-8(7)15)20-13(19-10)9-2-1-6(5-18-9)12(16)17/h1-5,12H,(H,19,20). The van der Waals surface area contributed by atoms with Crippen molar-refractivity contribution in [2.24, 2.45) is 0 Å². The summed E-state index contributed by atoms with van der Waals surface area (Å²) in [6.45, 7) is 0. The first-order chi connectivity index (χ1) is 9.54. The van der Waals surface area contributed by atoms with E-state index in [1.165, 1.54) is 12.1 Å². The van der Waals surface area contributed by atoms with Crippen molar-refractivity contribution in [1.82, 2.24) is 15.0 Å². The van der Waals surface area contributed by atoms with E-state index in [4.69, 9.17) is 0 Å². The minimum atomic E-state index is -2.60. The molecule has 3 aromatic rings. The second-order valence-electron chi connectivity index (χ2n) is 4.15. The lowest BCUT2D eigenvalue weighted by Crippen LogP contribution is -1.89. The van der Waals surface area contributed by atoms with Crippen LogP contribution < -0.4 is 0 Å². The Morgan fingerprint density at radius 2 is 1.80 bits per heavy atom. The summed E-state index contributed by atoms with van der Waals surface area (Å²) in [5.41, 5.74) is 0.644. The van der Waals surface area contributed by atoms with Gasteiger partial charge < -0.3 is 4.98 Å². The first-order valence-electron chi connectivity index (χ1n) is 5.64. The molecule has 3 rings (SSSR count). The second-order valence-corrected chi connectivity index (χ2v) is 4.15. The molecule has 1 N–H and O–H groups in total. The van der Waals surface area contributed by atoms with Crippen molar-refractivity contribution in [3.8, 4) is 11.5 Å². The van der Waals surface area contributed by atoms with Gasteiger partial charge in [-0.25, -0.2) is 22.5 Å². The maximum atomic E-state index is 13.1. The molecule has 2 aromatic heterocycles. The Balaban J connectivity index is 2.05. The Kier molecular flexibility index (Phi) is 2.89. The Morgan fingerprint density at radius 3 is 2.45 bits per heavy atom. The molecule has 1 aromatic carbocycles. The van der Waals surface area contributed by atoms with Gasteiger partial charge in [0.25, 0.3) is 6.43 Å². The van der Waals surface area contributed by atoms with Gasteiger partial charge in [0.15, 0.2) is 17.5 Å². The average Bonchev–Trinajstić information content (AvgIpc) is 2.82. The molecular formula is C13H7F4N3. The van der Waals surface area contributed by atoms with Gasteiger partial charge in [-0.05, 0) is 12.1 Å². The largest absolute Gasteiger partial charge is 0.337 e. The molecule has 2 heterocycles. The number of fused-ring (bicyclic) bond motifs is 1. The minimum Gasteiger partial charge on any atom is -0.337 e. The Morgan fingerprint density at radius 1 is 1.05 bits per heavy atom. The van der Waals surface area contributed by atoms with Crippen LogP contribution in [0.3, 0.4) is 0 Å². The summed E-state index contributed by atoms with van der Waals surface area (Å²) in [5, 5.41) is 0. The summed E-state index contributed by atoms with van der Waals surface area (Å²) in [6.07, 6.45) is -1.57. The highest BCUT2D eigenvalue weighted by atomic mass is 19.3. The van der Waals surface area contributed by atoms with Crippen molar-refractivity contribution < 1.29 is 17.6 Å². The molecule has 3 nitrogen and oxygen atoms in total. The SMILES string of the molecule is Fc1cc2nc(-c3ccc(C(F)F)cn3)[nH]c2cc1F. The molecule has 0 bridgehead atoms. The van der Waals surface area contributed by atoms with Crippen LogP contribution in [0.4, 0.5) is 17.6 Å². The van der Waals surface area contributed by atoms with Crippen molar-refractivity contribution in [3.63, 3.8) is 0 Å². The van der Waals surface area contributed by atoms with Crippen molar-refractivity contribution in [3.05, 3.63) is 47.7 Å². The molecule has 0 aliphatic rings. The number of benzene rings is 1. The van der Waals surface area contributed by atoms with Crippen LogP contribution in [0.5, 0.6) is 0 Å². The maximum Gasteiger partial charge on any atom is 0.265 e. The second kappa shape index (κ2) is 4.59. The fourth-order valence-corrected chi connectivity index (χ4v) is 1.80. The summed E-state index contributed by atoms with van der Waals surface area (Å²) >= 11 is 0. The zero-order valence-electron chi connectivity index (χ0n) is 9.87. The smallest absolute Gasteiger partial charge is 0.265 e. The molecule has 0 radical (unpaired) electrons. The molecule has 7 heteroatoms. The molecule has 102 valence electrons. The van der Waals surface area contributed by atoms with Crippen molar-refractivity contribution >= 4 is 11.0 Å². The molecule has 20 heavy (non-hydrogen) atoms. The molecule has 0 saturated carbocycles. The number of halogens is 4. The lowest BCUT2D eigenvalue weighted by atomic mass is 10.2. The zero-order chi connectivity index (χ0) is 14.3. The zero-order valence-corrected chi connectivity index (χ0v) is 9.87. The number of aromatic amines is 1. The molecule has 0 aliphatic carbocycles. The molecule has 0 aliphatic heterocycles. The van der Waals surface area contributed by atoms with Gasteiger partial charge in [-0.3, -0.25) is 4.98 Å². The monoisotopic (exact) mass is 281 g/mol. The highest BCUT2D eigenvalue weighted by molar-refractivity contribution is 5.78. The fraction of sp³-hybridized carbons (Fsp3) is 0.0769. The van der Waals surface area contributed by atoms with Gasteiger partial charge in [0.2, 0.25) is 0 Å². The van der Waals surface area contributed by atoms with Crippen LogP contribution in [0, 0.1) is 11.6 Å². The third-order valence-electron chi connectivity index (χ3n) is 2.80. The fourth-order valence-electron chi connectivity index (χ4n) is 1.80. The molecule has 0 spiro atoms. The summed E-state index contributed by atoms with van der Waals surface area (Å²) in [5.74, 6) is -1.74. The lowest BCUT2D eigenvalue weighted by molar-refractivity contribution is 0.151. The Labute approximate surface area is 110 Å². The van der Waals surface area contributed by atoms with Gasteiger partial charge >= 0.3 is 0 Å². The van der Waals surface area contributed by atoms with E-state index in [9.17, 15) is 17.6 Å². The van der Waals surface area contributed by atoms with Gasteiger partial charge in [-0.2, -0.15) is 0 Å². The third-order valence-corrected chi connectivity index (χ3v) is 2.80. The van der Waals surface area contributed by atoms with E-state index in [2.05, 4.69) is 15.0 Å². The van der Waals surface area contributed by atoms with Crippen molar-refractivity contribution in [2.75, 3.05) is 0 Å². The number of nitrogens with zero attached hydrogens (tertiary/aromatic N) is 2. The highest BCUT2D eigenvalue weighted by Crippen LogP contribution is 2.23. The number of pyridine rings is 1. The third kappa shape index (κ3) is 2.11. The first kappa shape index (κ1) is 12.6. The van der Waals surface area contributed by atoms with E-state index in [1.54, 1.807) is 0 Å². The van der Waals surface area contributed by atoms with E-state index < -0.39 is 18.1 Å². The number of hydrogen-bond donors (Lipinski definition) is 1. The average molecular weight is 281 g/mol. The van der Waals surface area contributed by atoms with Crippen LogP contribution in [-0.2, 0) is 0 Å². The summed E-state index contributed by atoms with van der Waals surface area (Å²) in [7, 11) is 0. The van der Waals surface area contributed by atoms with Crippen LogP contribution >= 0.6 is 0 Å². The van der Waals surface area contributed by atoms with Crippen LogP contribution in [0.1, 0.15) is 12.0 Å². The van der Waals surface area contributed by atoms with E-state index in [0.717, 1.165) is 18.3 Å². The number of alkyl halides is 2. The molecule has 0 saturated heterocycles. The van der Waals surface area contributed by atoms with Gasteiger partial charge in [0.1, 0.15) is 5.69 Å². The van der Waals surface area contributed by atoms with Crippen LogP contribution in [0.25, 0.3) is 22.6 Å². The van der Waals surface area contributed by atoms with Gasteiger partial charge in [0, 0.05) is 23.9 Å². The van der Waals surface area contributed by atoms with Gasteiger partial charge in [-0.15, -0.1) is 0 Å². The number of rotatable bonds is 2. The predicted molar refractivity (Wildman–Crippen MR) is 64.2 cm³/mol. The predicted octanol–water partition coefficient (Wildman–Crippen LogP) is 3.84. The Hall–Kier alpha value is -2.44. The number of hydrogen-bond acceptors (Lipinski definition) is 2. The molecule has 0 fully saturated rings. The topological polar surface area (TPSA) is 41.6 Å². The van der Waals surface area contributed by atoms with E-state index >= 15 is 0 Å². The number of aromatic nitrogens is 3. The Bertz CT molecular complexity index is 726. The highest BCUT2D eigenvalue weighted by Gasteiger charge is 2.12. The van der Waals surface area contributed by atoms with E-state index in [1.807, 2.05) is 0 Å². The quantitative estimate of drug-likeness (QED) is 0.725. The first-order valence-corrected chi connectivity index (χ1v) is 5.64. The van der Waals surface area contributed by atoms with E-state index in [-0.39, 0.29) is 16.9 Å². The maximum absolute atomic E-state index is 13.1. The molecule has 0 unspecified atom stereocenters. The van der Waals surface area contributed by atoms with Crippen molar-refractivity contribution in [1.29, 1.82) is 0 Å². The van der Waals surface area contributed by atoms with Crippen molar-refractivity contribution in [2.45, 2.75) is 6.43 Å². The number of nitrogens with one attached hydrogen (secondary N) is 1. The molecule has 0 amide bonds. The number of H-pyrrole nitrogens is 1. The van der Waals surface area contributed by atoms with Crippen LogP contribution in [-0.4, -0.2) is 15.0 Å². The lowest BCUT2D eigenvalue weighted by Gasteiger charge is -1.99. The van der Waals surface area contributed by atoms with Gasteiger partial charge in [0.05, 0.1) is 11.0 Å². The van der Waals surface area contributed by atoms with Gasteiger partial charge in [-0.1, -0.05) is 0 Å². The molecule has 0 atom stereocenters. The summed E-state index contributed by atoms with van der Waals surface area (Å²) in [4.78, 5) is 10.7. The van der Waals surface area contributed by atoms with Crippen LogP contribution in [0.15, 0.2) is 30.5 Å². The molecular weight excluding hydrogens is 274 g/mol. The summed E-state index contributed by atoms with van der Waals surface area (Å²) in [6, 6.07) is 4.53. The number of imidazole rings is 1. The normalized spacial score (nSPS) is 11.4. The van der Waals surface area contributed by atoms with Crippen LogP contribution in [0.2, 0.25) is 0 Å². The van der Waals surface area contributed by atoms with E-state index in [0.29, 0.717) is 11.2 Å². The summed E-state index contributed by atoms with van der Waals surface area (Å²) < 4.78 is 51.0.